The van der Waals surface area contributed by atoms with Crippen LogP contribution in [0.4, 0.5) is 10.1 Å². The minimum atomic E-state index is -0.948. The number of hydrogen-bond donors (Lipinski definition) is 2. The number of anilines is 1. The highest BCUT2D eigenvalue weighted by Gasteiger charge is 2.44. The molecule has 1 fully saturated rings. The molecule has 2 N–H and O–H groups in total. The fourth-order valence-corrected chi connectivity index (χ4v) is 3.82. The van der Waals surface area contributed by atoms with Gasteiger partial charge in [-0.3, -0.25) is 4.98 Å². The van der Waals surface area contributed by atoms with Gasteiger partial charge in [-0.1, -0.05) is 48.0 Å². The molecule has 0 radical (unpaired) electrons. The van der Waals surface area contributed by atoms with Crippen molar-refractivity contribution in [2.24, 2.45) is 0 Å². The molecule has 1 saturated carbocycles. The van der Waals surface area contributed by atoms with Crippen LogP contribution < -0.4 is 5.32 Å². The van der Waals surface area contributed by atoms with E-state index in [1.165, 1.54) is 6.07 Å². The van der Waals surface area contributed by atoms with Crippen molar-refractivity contribution in [2.45, 2.75) is 44.8 Å². The van der Waals surface area contributed by atoms with Gasteiger partial charge in [-0.2, -0.15) is 0 Å². The second-order valence-electron chi connectivity index (χ2n) is 8.45. The number of nitrogens with one attached hydrogen (secondary N) is 1. The molecular weight excluding hydrogens is 387 g/mol. The largest absolute Gasteiger partial charge is 0.386 e. The summed E-state index contributed by atoms with van der Waals surface area (Å²) < 4.78 is 14.9. The van der Waals surface area contributed by atoms with Crippen LogP contribution in [-0.2, 0) is 5.60 Å². The van der Waals surface area contributed by atoms with E-state index in [9.17, 15) is 9.50 Å². The molecule has 1 aliphatic carbocycles. The maximum Gasteiger partial charge on any atom is 0.133 e. The quantitative estimate of drug-likeness (QED) is 0.475. The Morgan fingerprint density at radius 2 is 1.90 bits per heavy atom. The fourth-order valence-electron chi connectivity index (χ4n) is 3.62. The van der Waals surface area contributed by atoms with Crippen molar-refractivity contribution in [3.05, 3.63) is 71.2 Å². The predicted molar refractivity (Wildman–Crippen MR) is 118 cm³/mol. The summed E-state index contributed by atoms with van der Waals surface area (Å²) >= 11 is 6.47. The zero-order valence-corrected chi connectivity index (χ0v) is 17.6. The molecule has 0 spiro atoms. The maximum atomic E-state index is 14.9. The van der Waals surface area contributed by atoms with Crippen molar-refractivity contribution in [3.63, 3.8) is 0 Å². The number of nitrogens with zero attached hydrogens (tertiary/aromatic N) is 1. The molecule has 0 saturated heterocycles. The van der Waals surface area contributed by atoms with Crippen LogP contribution in [0.1, 0.15) is 39.2 Å². The van der Waals surface area contributed by atoms with E-state index >= 15 is 0 Å². The molecule has 150 valence electrons. The lowest BCUT2D eigenvalue weighted by Gasteiger charge is -2.22. The molecule has 5 heteroatoms. The molecule has 0 atom stereocenters. The number of rotatable bonds is 5. The third-order valence-corrected chi connectivity index (χ3v) is 6.03. The number of pyridine rings is 1. The highest BCUT2D eigenvalue weighted by Crippen LogP contribution is 2.47. The molecule has 0 unspecified atom stereocenters. The number of hydrogen-bond acceptors (Lipinski definition) is 3. The van der Waals surface area contributed by atoms with Gasteiger partial charge < -0.3 is 10.4 Å². The highest BCUT2D eigenvalue weighted by molar-refractivity contribution is 6.34. The fraction of sp³-hybridized carbons (Fsp3) is 0.292. The number of fused-ring (bicyclic) bond motifs is 1. The Morgan fingerprint density at radius 1 is 1.24 bits per heavy atom. The molecule has 0 amide bonds. The Kier molecular flexibility index (Phi) is 4.67. The molecular formula is C24H24ClFN2O. The van der Waals surface area contributed by atoms with E-state index < -0.39 is 5.60 Å². The summed E-state index contributed by atoms with van der Waals surface area (Å²) in [6, 6.07) is 10.5. The lowest BCUT2D eigenvalue weighted by atomic mass is 9.94. The maximum absolute atomic E-state index is 14.9. The average Bonchev–Trinajstić information content (AvgIpc) is 3.44. The van der Waals surface area contributed by atoms with E-state index in [4.69, 9.17) is 11.6 Å². The van der Waals surface area contributed by atoms with Gasteiger partial charge in [0.1, 0.15) is 5.82 Å². The normalized spacial score (nSPS) is 15.4. The molecule has 1 aromatic heterocycles. The van der Waals surface area contributed by atoms with Crippen LogP contribution in [0.5, 0.6) is 0 Å². The van der Waals surface area contributed by atoms with Gasteiger partial charge in [-0.15, -0.1) is 0 Å². The molecule has 3 nitrogen and oxygen atoms in total. The first-order chi connectivity index (χ1) is 13.6. The topological polar surface area (TPSA) is 45.2 Å². The van der Waals surface area contributed by atoms with Crippen LogP contribution in [0.3, 0.4) is 0 Å². The number of aromatic nitrogens is 1. The zero-order chi connectivity index (χ0) is 21.0. The van der Waals surface area contributed by atoms with E-state index in [0.717, 1.165) is 40.6 Å². The number of benzene rings is 2. The Hall–Kier alpha value is -2.43. The van der Waals surface area contributed by atoms with E-state index in [0.29, 0.717) is 16.1 Å². The Balaban J connectivity index is 1.83. The molecule has 2 aromatic carbocycles. The van der Waals surface area contributed by atoms with Crippen molar-refractivity contribution in [3.8, 4) is 11.1 Å². The van der Waals surface area contributed by atoms with Crippen molar-refractivity contribution in [1.82, 2.24) is 4.98 Å². The van der Waals surface area contributed by atoms with Gasteiger partial charge in [-0.05, 0) is 50.8 Å². The van der Waals surface area contributed by atoms with Crippen LogP contribution in [0.25, 0.3) is 22.0 Å². The van der Waals surface area contributed by atoms with Crippen LogP contribution in [-0.4, -0.2) is 15.6 Å². The first-order valence-corrected chi connectivity index (χ1v) is 10.0. The Morgan fingerprint density at radius 3 is 2.45 bits per heavy atom. The van der Waals surface area contributed by atoms with Crippen LogP contribution in [0.2, 0.25) is 5.02 Å². The molecule has 29 heavy (non-hydrogen) atoms. The van der Waals surface area contributed by atoms with Gasteiger partial charge in [0, 0.05) is 23.2 Å². The van der Waals surface area contributed by atoms with Crippen LogP contribution >= 0.6 is 11.6 Å². The first kappa shape index (κ1) is 19.9. The lowest BCUT2D eigenvalue weighted by Crippen LogP contribution is -2.22. The monoisotopic (exact) mass is 410 g/mol. The lowest BCUT2D eigenvalue weighted by molar-refractivity contribution is 0.0786. The molecule has 4 rings (SSSR count). The SMILES string of the molecule is C=C(C)C1(Nc2c(Cl)cnc3cc(F)c(-c4ccc(C(C)(C)O)cc4)cc23)CC1. The minimum absolute atomic E-state index is 0.152. The van der Waals surface area contributed by atoms with Gasteiger partial charge >= 0.3 is 0 Å². The number of halogens is 2. The van der Waals surface area contributed by atoms with Gasteiger partial charge in [0.05, 0.1) is 27.4 Å². The summed E-state index contributed by atoms with van der Waals surface area (Å²) in [6.45, 7) is 9.55. The summed E-state index contributed by atoms with van der Waals surface area (Å²) in [5.41, 5.74) is 3.22. The summed E-state index contributed by atoms with van der Waals surface area (Å²) in [5.74, 6) is -0.352. The van der Waals surface area contributed by atoms with Gasteiger partial charge in [0.15, 0.2) is 0 Å². The first-order valence-electron chi connectivity index (χ1n) is 9.66. The van der Waals surface area contributed by atoms with Crippen LogP contribution in [0.15, 0.2) is 54.7 Å². The second kappa shape index (κ2) is 6.82. The third-order valence-electron chi connectivity index (χ3n) is 5.74. The zero-order valence-electron chi connectivity index (χ0n) is 16.8. The number of aliphatic hydroxyl groups is 1. The van der Waals surface area contributed by atoms with Crippen molar-refractivity contribution >= 4 is 28.2 Å². The van der Waals surface area contributed by atoms with E-state index in [2.05, 4.69) is 16.9 Å². The van der Waals surface area contributed by atoms with E-state index in [1.54, 1.807) is 26.1 Å². The summed E-state index contributed by atoms with van der Waals surface area (Å²) in [6.07, 6.45) is 3.54. The van der Waals surface area contributed by atoms with Crippen molar-refractivity contribution < 1.29 is 9.50 Å². The smallest absolute Gasteiger partial charge is 0.133 e. The molecule has 0 bridgehead atoms. The van der Waals surface area contributed by atoms with Crippen LogP contribution in [0, 0.1) is 5.82 Å². The molecule has 1 aliphatic rings. The Bertz CT molecular complexity index is 1110. The highest BCUT2D eigenvalue weighted by atomic mass is 35.5. The predicted octanol–water partition coefficient (Wildman–Crippen LogP) is 6.44. The summed E-state index contributed by atoms with van der Waals surface area (Å²) in [7, 11) is 0. The van der Waals surface area contributed by atoms with Gasteiger partial charge in [0.2, 0.25) is 0 Å². The molecule has 1 heterocycles. The molecule has 0 aliphatic heterocycles. The summed E-state index contributed by atoms with van der Waals surface area (Å²) in [4.78, 5) is 4.31. The minimum Gasteiger partial charge on any atom is -0.386 e. The Labute approximate surface area is 175 Å². The van der Waals surface area contributed by atoms with E-state index in [-0.39, 0.29) is 11.4 Å². The standard InChI is InChI=1S/C24H24ClFN2O/c1-14(2)24(9-10-24)28-22-18-11-17(20(26)12-21(18)27-13-19(22)25)15-5-7-16(8-6-15)23(3,4)29/h5-8,11-13,29H,1,9-10H2,2-4H3,(H,27,28). The third kappa shape index (κ3) is 3.63. The van der Waals surface area contributed by atoms with Gasteiger partial charge in [-0.25, -0.2) is 4.39 Å². The second-order valence-corrected chi connectivity index (χ2v) is 8.86. The van der Waals surface area contributed by atoms with Gasteiger partial charge in [0.25, 0.3) is 0 Å². The van der Waals surface area contributed by atoms with Crippen molar-refractivity contribution in [2.75, 3.05) is 5.32 Å². The average molecular weight is 411 g/mol. The van der Waals surface area contributed by atoms with Crippen molar-refractivity contribution in [1.29, 1.82) is 0 Å². The van der Waals surface area contributed by atoms with E-state index in [1.807, 2.05) is 31.2 Å². The molecule has 3 aromatic rings. The summed E-state index contributed by atoms with van der Waals surface area (Å²) in [5, 5.41) is 15.0.